The molecule has 170 valence electrons. The van der Waals surface area contributed by atoms with Crippen molar-refractivity contribution in [2.45, 2.75) is 31.7 Å². The average molecular weight is 504 g/mol. The molecule has 0 heterocycles. The van der Waals surface area contributed by atoms with Crippen molar-refractivity contribution < 1.29 is 23.9 Å². The second-order valence-electron chi connectivity index (χ2n) is 7.60. The molecule has 0 bridgehead atoms. The van der Waals surface area contributed by atoms with Gasteiger partial charge in [0.1, 0.15) is 6.29 Å². The van der Waals surface area contributed by atoms with Crippen LogP contribution in [0.3, 0.4) is 0 Å². The van der Waals surface area contributed by atoms with Gasteiger partial charge in [0, 0.05) is 15.0 Å². The molecule has 0 spiro atoms. The number of nitrogens with zero attached hydrogens (tertiary/aromatic N) is 1. The zero-order valence-corrected chi connectivity index (χ0v) is 20.0. The molecular weight excluding hydrogens is 478 g/mol. The Morgan fingerprint density at radius 1 is 1.06 bits per heavy atom. The summed E-state index contributed by atoms with van der Waals surface area (Å²) in [5, 5.41) is 12.4. The highest BCUT2D eigenvalue weighted by Gasteiger charge is 2.51. The third kappa shape index (κ3) is 4.24. The maximum absolute atomic E-state index is 12.4. The summed E-state index contributed by atoms with van der Waals surface area (Å²) in [5.74, 6) is 0.0211. The first-order valence-electron chi connectivity index (χ1n) is 10.3. The zero-order chi connectivity index (χ0) is 23.4. The Labute approximate surface area is 195 Å². The summed E-state index contributed by atoms with van der Waals surface area (Å²) < 4.78 is 17.2. The predicted octanol–water partition coefficient (Wildman–Crippen LogP) is 5.29. The minimum atomic E-state index is -0.989. The Morgan fingerprint density at radius 2 is 1.66 bits per heavy atom. The normalized spacial score (nSPS) is 20.2. The van der Waals surface area contributed by atoms with Gasteiger partial charge in [0.25, 0.3) is 0 Å². The number of aldehydes is 1. The van der Waals surface area contributed by atoms with Gasteiger partial charge in [0.05, 0.1) is 33.2 Å². The Kier molecular flexibility index (Phi) is 7.56. The second-order valence-corrected chi connectivity index (χ2v) is 8.52. The number of hydrogen-bond acceptors (Lipinski definition) is 6. The van der Waals surface area contributed by atoms with Crippen LogP contribution < -0.4 is 14.2 Å². The van der Waals surface area contributed by atoms with Crippen molar-refractivity contribution in [3.63, 3.8) is 0 Å². The van der Waals surface area contributed by atoms with Gasteiger partial charge in [-0.1, -0.05) is 41.4 Å². The van der Waals surface area contributed by atoms with E-state index in [0.717, 1.165) is 28.3 Å². The maximum Gasteiger partial charge on any atom is 0.230 e. The van der Waals surface area contributed by atoms with Crippen LogP contribution in [0.1, 0.15) is 36.8 Å². The third-order valence-corrected chi connectivity index (χ3v) is 6.47. The Bertz CT molecular complexity index is 1010. The van der Waals surface area contributed by atoms with Gasteiger partial charge in [-0.2, -0.15) is 0 Å². The predicted molar refractivity (Wildman–Crippen MR) is 125 cm³/mol. The van der Waals surface area contributed by atoms with Crippen LogP contribution in [0.2, 0.25) is 0 Å². The molecule has 0 saturated carbocycles. The zero-order valence-electron chi connectivity index (χ0n) is 18.5. The fourth-order valence-electron chi connectivity index (χ4n) is 4.67. The van der Waals surface area contributed by atoms with Crippen LogP contribution in [0.4, 0.5) is 0 Å². The summed E-state index contributed by atoms with van der Waals surface area (Å²) in [6.45, 7) is 1.99. The highest BCUT2D eigenvalue weighted by atomic mass is 79.9. The monoisotopic (exact) mass is 503 g/mol. The van der Waals surface area contributed by atoms with Gasteiger partial charge >= 0.3 is 0 Å². The number of benzene rings is 2. The molecule has 7 nitrogen and oxygen atoms in total. The summed E-state index contributed by atoms with van der Waals surface area (Å²) in [4.78, 5) is 24.5. The molecule has 1 aliphatic carbocycles. The molecule has 2 aromatic rings. The molecule has 0 fully saturated rings. The molecule has 0 unspecified atom stereocenters. The smallest absolute Gasteiger partial charge is 0.230 e. The van der Waals surface area contributed by atoms with Crippen molar-refractivity contribution in [2.75, 3.05) is 21.3 Å². The molecule has 32 heavy (non-hydrogen) atoms. The number of hydrogen-bond donors (Lipinski definition) is 0. The van der Waals surface area contributed by atoms with E-state index >= 15 is 0 Å². The molecule has 8 heteroatoms. The van der Waals surface area contributed by atoms with E-state index in [4.69, 9.17) is 14.2 Å². The van der Waals surface area contributed by atoms with E-state index in [1.54, 1.807) is 12.1 Å². The highest BCUT2D eigenvalue weighted by molar-refractivity contribution is 9.10. The number of nitro groups is 1. The molecule has 0 aliphatic heterocycles. The quantitative estimate of drug-likeness (QED) is 0.262. The SMILES string of the molecule is CCC[C@H]1C(c2ccc(Br)cc2)=C(C=O)[C@@H](c2cc(OC)c(OC)c(OC)c2)[C@@H]1[N+](=O)[O-]. The summed E-state index contributed by atoms with van der Waals surface area (Å²) in [6.07, 6.45) is 2.11. The number of ether oxygens (including phenoxy) is 3. The molecule has 1 aliphatic rings. The summed E-state index contributed by atoms with van der Waals surface area (Å²) >= 11 is 3.43. The van der Waals surface area contributed by atoms with Gasteiger partial charge in [-0.25, -0.2) is 0 Å². The molecule has 0 amide bonds. The molecule has 0 N–H and O–H groups in total. The van der Waals surface area contributed by atoms with E-state index < -0.39 is 17.9 Å². The second kappa shape index (κ2) is 10.2. The van der Waals surface area contributed by atoms with Gasteiger partial charge in [-0.05, 0) is 47.4 Å². The maximum atomic E-state index is 12.4. The van der Waals surface area contributed by atoms with Gasteiger partial charge in [-0.3, -0.25) is 14.9 Å². The average Bonchev–Trinajstić information content (AvgIpc) is 3.13. The van der Waals surface area contributed by atoms with Gasteiger partial charge in [0.15, 0.2) is 11.5 Å². The van der Waals surface area contributed by atoms with E-state index in [1.807, 2.05) is 31.2 Å². The first kappa shape index (κ1) is 23.8. The lowest BCUT2D eigenvalue weighted by atomic mass is 9.84. The third-order valence-electron chi connectivity index (χ3n) is 5.94. The lowest BCUT2D eigenvalue weighted by Gasteiger charge is -2.22. The summed E-state index contributed by atoms with van der Waals surface area (Å²) in [6, 6.07) is 9.93. The highest BCUT2D eigenvalue weighted by Crippen LogP contribution is 2.52. The minimum absolute atomic E-state index is 0.260. The molecular formula is C24H26BrNO6. The number of carbonyl (C=O) groups excluding carboxylic acids is 1. The molecule has 0 aromatic heterocycles. The summed E-state index contributed by atoms with van der Waals surface area (Å²) in [7, 11) is 4.48. The lowest BCUT2D eigenvalue weighted by molar-refractivity contribution is -0.530. The number of halogens is 1. The van der Waals surface area contributed by atoms with Crippen molar-refractivity contribution in [3.05, 3.63) is 67.7 Å². The van der Waals surface area contributed by atoms with Crippen molar-refractivity contribution >= 4 is 27.8 Å². The standard InChI is InChI=1S/C24H26BrNO6/c1-5-6-17-21(14-7-9-16(25)10-8-14)18(13-27)22(23(17)26(28)29)15-11-19(30-2)24(32-4)20(12-15)31-3/h7-13,17,22-23H,5-6H2,1-4H3/t17-,22+,23+/m0/s1. The topological polar surface area (TPSA) is 87.9 Å². The largest absolute Gasteiger partial charge is 0.493 e. The van der Waals surface area contributed by atoms with E-state index in [9.17, 15) is 14.9 Å². The van der Waals surface area contributed by atoms with Crippen molar-refractivity contribution in [2.24, 2.45) is 5.92 Å². The van der Waals surface area contributed by atoms with Crippen molar-refractivity contribution in [1.29, 1.82) is 0 Å². The van der Waals surface area contributed by atoms with Crippen LogP contribution in [0.25, 0.3) is 5.57 Å². The first-order valence-corrected chi connectivity index (χ1v) is 11.1. The fraction of sp³-hybridized carbons (Fsp3) is 0.375. The number of rotatable bonds is 9. The first-order chi connectivity index (χ1) is 15.4. The number of carbonyl (C=O) groups is 1. The fourth-order valence-corrected chi connectivity index (χ4v) is 4.93. The minimum Gasteiger partial charge on any atom is -0.493 e. The van der Waals surface area contributed by atoms with E-state index in [1.165, 1.54) is 21.3 Å². The van der Waals surface area contributed by atoms with Crippen LogP contribution in [0.15, 0.2) is 46.4 Å². The van der Waals surface area contributed by atoms with E-state index in [2.05, 4.69) is 15.9 Å². The van der Waals surface area contributed by atoms with Gasteiger partial charge in [0.2, 0.25) is 11.8 Å². The van der Waals surface area contributed by atoms with Crippen LogP contribution in [0.5, 0.6) is 17.2 Å². The lowest BCUT2D eigenvalue weighted by Crippen LogP contribution is -2.31. The summed E-state index contributed by atoms with van der Waals surface area (Å²) in [5.41, 5.74) is 2.55. The molecule has 0 saturated heterocycles. The van der Waals surface area contributed by atoms with Crippen LogP contribution >= 0.6 is 15.9 Å². The van der Waals surface area contributed by atoms with Crippen molar-refractivity contribution in [1.82, 2.24) is 0 Å². The van der Waals surface area contributed by atoms with Gasteiger partial charge in [-0.15, -0.1) is 0 Å². The molecule has 2 aromatic carbocycles. The van der Waals surface area contributed by atoms with Crippen LogP contribution in [0, 0.1) is 16.0 Å². The van der Waals surface area contributed by atoms with Crippen molar-refractivity contribution in [3.8, 4) is 17.2 Å². The van der Waals surface area contributed by atoms with Gasteiger partial charge < -0.3 is 14.2 Å². The Balaban J connectivity index is 2.30. The van der Waals surface area contributed by atoms with E-state index in [-0.39, 0.29) is 4.92 Å². The van der Waals surface area contributed by atoms with E-state index in [0.29, 0.717) is 34.8 Å². The Morgan fingerprint density at radius 3 is 2.09 bits per heavy atom. The Hall–Kier alpha value is -2.87. The van der Waals surface area contributed by atoms with Crippen LogP contribution in [-0.2, 0) is 4.79 Å². The molecule has 3 atom stereocenters. The van der Waals surface area contributed by atoms with Crippen LogP contribution in [-0.4, -0.2) is 38.6 Å². The molecule has 0 radical (unpaired) electrons. The number of methoxy groups -OCH3 is 3. The molecule has 3 rings (SSSR count).